The van der Waals surface area contributed by atoms with E-state index in [0.717, 1.165) is 12.8 Å². The maximum atomic E-state index is 12.5. The molecule has 2 bridgehead atoms. The average molecular weight is 278 g/mol. The molecule has 1 amide bonds. The molecule has 3 rings (SSSR count). The van der Waals surface area contributed by atoms with Gasteiger partial charge in [-0.3, -0.25) is 9.59 Å². The quantitative estimate of drug-likeness (QED) is 0.802. The van der Waals surface area contributed by atoms with E-state index in [2.05, 4.69) is 4.98 Å². The molecule has 0 aromatic carbocycles. The van der Waals surface area contributed by atoms with E-state index in [4.69, 9.17) is 5.73 Å². The third-order valence-electron chi connectivity index (χ3n) is 4.33. The summed E-state index contributed by atoms with van der Waals surface area (Å²) in [6, 6.07) is -0.127. The molecule has 2 saturated heterocycles. The average Bonchev–Trinajstić information content (AvgIpc) is 3.11. The molecule has 1 aromatic heterocycles. The van der Waals surface area contributed by atoms with E-state index in [1.807, 2.05) is 0 Å². The molecule has 7 heteroatoms. The van der Waals surface area contributed by atoms with Crippen LogP contribution in [0.3, 0.4) is 0 Å². The summed E-state index contributed by atoms with van der Waals surface area (Å²) >= 11 is 0. The SMILES string of the molecule is NCCn1cnc(C(=O)N2C3CCC2C(C(=O)O)C3)c1. The van der Waals surface area contributed by atoms with E-state index < -0.39 is 11.9 Å². The van der Waals surface area contributed by atoms with Gasteiger partial charge < -0.3 is 20.3 Å². The molecular formula is C13H18N4O3. The lowest BCUT2D eigenvalue weighted by Gasteiger charge is -2.22. The molecule has 2 aliphatic heterocycles. The van der Waals surface area contributed by atoms with E-state index in [0.29, 0.717) is 25.2 Å². The number of hydrogen-bond donors (Lipinski definition) is 2. The summed E-state index contributed by atoms with van der Waals surface area (Å²) in [4.78, 5) is 29.6. The minimum atomic E-state index is -0.802. The minimum absolute atomic E-state index is 0.0493. The Kier molecular flexibility index (Phi) is 3.21. The van der Waals surface area contributed by atoms with Gasteiger partial charge in [-0.05, 0) is 19.3 Å². The molecule has 108 valence electrons. The van der Waals surface area contributed by atoms with Crippen molar-refractivity contribution in [1.29, 1.82) is 0 Å². The Labute approximate surface area is 116 Å². The number of nitrogens with two attached hydrogens (primary N) is 1. The number of hydrogen-bond acceptors (Lipinski definition) is 4. The van der Waals surface area contributed by atoms with E-state index >= 15 is 0 Å². The van der Waals surface area contributed by atoms with Gasteiger partial charge in [0, 0.05) is 31.4 Å². The van der Waals surface area contributed by atoms with Crippen molar-refractivity contribution in [1.82, 2.24) is 14.5 Å². The van der Waals surface area contributed by atoms with Crippen LogP contribution in [-0.2, 0) is 11.3 Å². The van der Waals surface area contributed by atoms with Crippen molar-refractivity contribution in [2.75, 3.05) is 6.54 Å². The zero-order chi connectivity index (χ0) is 14.3. The molecule has 0 radical (unpaired) electrons. The summed E-state index contributed by atoms with van der Waals surface area (Å²) in [5.74, 6) is -1.38. The zero-order valence-corrected chi connectivity index (χ0v) is 11.1. The number of carboxylic acids is 1. The summed E-state index contributed by atoms with van der Waals surface area (Å²) < 4.78 is 1.78. The standard InChI is InChI=1S/C13H18N4O3/c14-3-4-16-6-10(15-7-16)12(18)17-8-1-2-11(17)9(5-8)13(19)20/h6-9,11H,1-5,14H2,(H,19,20). The monoisotopic (exact) mass is 278 g/mol. The van der Waals surface area contributed by atoms with Gasteiger partial charge in [0.05, 0.1) is 12.2 Å². The zero-order valence-electron chi connectivity index (χ0n) is 11.1. The number of imidazole rings is 1. The van der Waals surface area contributed by atoms with Gasteiger partial charge in [0.25, 0.3) is 5.91 Å². The summed E-state index contributed by atoms with van der Waals surface area (Å²) in [6.45, 7) is 1.10. The Morgan fingerprint density at radius 2 is 2.25 bits per heavy atom. The molecule has 3 heterocycles. The van der Waals surface area contributed by atoms with Gasteiger partial charge in [0.1, 0.15) is 5.69 Å². The number of carbonyl (C=O) groups excluding carboxylic acids is 1. The third-order valence-corrected chi connectivity index (χ3v) is 4.33. The van der Waals surface area contributed by atoms with Crippen LogP contribution in [0.1, 0.15) is 29.8 Å². The molecule has 3 unspecified atom stereocenters. The lowest BCUT2D eigenvalue weighted by Crippen LogP contribution is -2.38. The second-order valence-corrected chi connectivity index (χ2v) is 5.48. The van der Waals surface area contributed by atoms with Gasteiger partial charge in [-0.15, -0.1) is 0 Å². The van der Waals surface area contributed by atoms with Crippen LogP contribution in [0.2, 0.25) is 0 Å². The molecule has 2 fully saturated rings. The molecule has 20 heavy (non-hydrogen) atoms. The molecule has 3 N–H and O–H groups in total. The molecule has 0 aliphatic carbocycles. The fourth-order valence-electron chi connectivity index (χ4n) is 3.44. The molecule has 7 nitrogen and oxygen atoms in total. The van der Waals surface area contributed by atoms with Crippen molar-refractivity contribution in [2.24, 2.45) is 11.7 Å². The number of carboxylic acid groups (broad SMARTS) is 1. The van der Waals surface area contributed by atoms with E-state index in [9.17, 15) is 14.7 Å². The summed E-state index contributed by atoms with van der Waals surface area (Å²) in [7, 11) is 0. The fraction of sp³-hybridized carbons (Fsp3) is 0.615. The highest BCUT2D eigenvalue weighted by atomic mass is 16.4. The van der Waals surface area contributed by atoms with E-state index in [1.54, 1.807) is 22.0 Å². The van der Waals surface area contributed by atoms with E-state index in [1.165, 1.54) is 0 Å². The van der Waals surface area contributed by atoms with Crippen LogP contribution in [-0.4, -0.2) is 50.1 Å². The topological polar surface area (TPSA) is 101 Å². The van der Waals surface area contributed by atoms with Crippen molar-refractivity contribution in [3.63, 3.8) is 0 Å². The largest absolute Gasteiger partial charge is 0.481 e. The number of amides is 1. The van der Waals surface area contributed by atoms with Crippen molar-refractivity contribution in [3.05, 3.63) is 18.2 Å². The highest BCUT2D eigenvalue weighted by Crippen LogP contribution is 2.42. The normalized spacial score (nSPS) is 28.1. The van der Waals surface area contributed by atoms with Gasteiger partial charge >= 0.3 is 5.97 Å². The van der Waals surface area contributed by atoms with Crippen LogP contribution in [0.25, 0.3) is 0 Å². The number of fused-ring (bicyclic) bond motifs is 2. The summed E-state index contributed by atoms with van der Waals surface area (Å²) in [5, 5.41) is 9.21. The van der Waals surface area contributed by atoms with Crippen LogP contribution in [0.15, 0.2) is 12.5 Å². The number of nitrogens with zero attached hydrogens (tertiary/aromatic N) is 3. The number of carbonyl (C=O) groups is 2. The van der Waals surface area contributed by atoms with Crippen molar-refractivity contribution in [3.8, 4) is 0 Å². The molecule has 0 spiro atoms. The Balaban J connectivity index is 1.79. The Hall–Kier alpha value is -1.89. The first-order valence-corrected chi connectivity index (χ1v) is 6.89. The van der Waals surface area contributed by atoms with Gasteiger partial charge in [-0.1, -0.05) is 0 Å². The molecular weight excluding hydrogens is 260 g/mol. The fourth-order valence-corrected chi connectivity index (χ4v) is 3.44. The number of aliphatic carboxylic acids is 1. The first-order valence-electron chi connectivity index (χ1n) is 6.89. The highest BCUT2D eigenvalue weighted by Gasteiger charge is 2.51. The second kappa shape index (κ2) is 4.90. The Bertz CT molecular complexity index is 541. The van der Waals surface area contributed by atoms with Crippen LogP contribution < -0.4 is 5.73 Å². The lowest BCUT2D eigenvalue weighted by atomic mass is 9.89. The Morgan fingerprint density at radius 1 is 1.45 bits per heavy atom. The van der Waals surface area contributed by atoms with Crippen LogP contribution in [0, 0.1) is 5.92 Å². The van der Waals surface area contributed by atoms with Gasteiger partial charge in [-0.25, -0.2) is 4.98 Å². The highest BCUT2D eigenvalue weighted by molar-refractivity contribution is 5.93. The second-order valence-electron chi connectivity index (χ2n) is 5.48. The van der Waals surface area contributed by atoms with Crippen molar-refractivity contribution in [2.45, 2.75) is 37.9 Å². The number of aromatic nitrogens is 2. The van der Waals surface area contributed by atoms with Gasteiger partial charge in [-0.2, -0.15) is 0 Å². The van der Waals surface area contributed by atoms with Crippen molar-refractivity contribution < 1.29 is 14.7 Å². The molecule has 0 saturated carbocycles. The van der Waals surface area contributed by atoms with Crippen LogP contribution in [0.4, 0.5) is 0 Å². The predicted octanol–water partition coefficient (Wildman–Crippen LogP) is -0.0805. The van der Waals surface area contributed by atoms with Crippen LogP contribution in [0.5, 0.6) is 0 Å². The first kappa shape index (κ1) is 13.1. The summed E-state index contributed by atoms with van der Waals surface area (Å²) in [6.07, 6.45) is 5.51. The van der Waals surface area contributed by atoms with Crippen LogP contribution >= 0.6 is 0 Å². The maximum absolute atomic E-state index is 12.5. The first-order chi connectivity index (χ1) is 9.61. The predicted molar refractivity (Wildman–Crippen MR) is 70.0 cm³/mol. The number of rotatable bonds is 4. The molecule has 2 aliphatic rings. The van der Waals surface area contributed by atoms with Gasteiger partial charge in [0.15, 0.2) is 0 Å². The Morgan fingerprint density at radius 3 is 2.90 bits per heavy atom. The van der Waals surface area contributed by atoms with Gasteiger partial charge in [0.2, 0.25) is 0 Å². The third kappa shape index (κ3) is 1.98. The van der Waals surface area contributed by atoms with E-state index in [-0.39, 0.29) is 18.0 Å². The maximum Gasteiger partial charge on any atom is 0.308 e. The molecule has 3 atom stereocenters. The lowest BCUT2D eigenvalue weighted by molar-refractivity contribution is -0.142. The molecule has 1 aromatic rings. The van der Waals surface area contributed by atoms with Crippen molar-refractivity contribution >= 4 is 11.9 Å². The minimum Gasteiger partial charge on any atom is -0.481 e. The summed E-state index contributed by atoms with van der Waals surface area (Å²) in [5.41, 5.74) is 5.84. The smallest absolute Gasteiger partial charge is 0.308 e.